The Morgan fingerprint density at radius 3 is 2.81 bits per heavy atom. The first kappa shape index (κ1) is 17.9. The highest BCUT2D eigenvalue weighted by molar-refractivity contribution is 8.02. The van der Waals surface area contributed by atoms with Crippen molar-refractivity contribution >= 4 is 56.6 Å². The van der Waals surface area contributed by atoms with E-state index < -0.39 is 0 Å². The van der Waals surface area contributed by atoms with E-state index in [4.69, 9.17) is 9.15 Å². The van der Waals surface area contributed by atoms with Crippen LogP contribution in [-0.2, 0) is 4.79 Å². The summed E-state index contributed by atoms with van der Waals surface area (Å²) in [6.07, 6.45) is 0. The number of para-hydroxylation sites is 1. The summed E-state index contributed by atoms with van der Waals surface area (Å²) in [4.78, 5) is 17.1. The van der Waals surface area contributed by atoms with Crippen LogP contribution < -0.4 is 10.1 Å². The van der Waals surface area contributed by atoms with Gasteiger partial charge < -0.3 is 14.5 Å². The van der Waals surface area contributed by atoms with Gasteiger partial charge in [-0.2, -0.15) is 0 Å². The number of methoxy groups -OCH3 is 1. The number of carbonyl (C=O) groups excluding carboxylic acids is 1. The third-order valence-electron chi connectivity index (χ3n) is 4.20. The maximum atomic E-state index is 12.7. The molecule has 1 amide bonds. The summed E-state index contributed by atoms with van der Waals surface area (Å²) < 4.78 is 12.3. The first-order valence-corrected chi connectivity index (χ1v) is 10.2. The zero-order chi connectivity index (χ0) is 19.0. The van der Waals surface area contributed by atoms with Gasteiger partial charge in [0, 0.05) is 27.9 Å². The quantitative estimate of drug-likeness (QED) is 0.451. The van der Waals surface area contributed by atoms with E-state index >= 15 is 0 Å². The molecule has 2 heterocycles. The standard InChI is InChI=1S/C20H18N2O3S2/c1-11-10-26-20(21-11)27-12(2)19(23)22-15-9-17-14(8-18(15)24-3)13-6-4-5-7-16(13)25-17/h4-10,12H,1-3H3,(H,22,23)/t12-/m1/s1. The zero-order valence-corrected chi connectivity index (χ0v) is 16.7. The van der Waals surface area contributed by atoms with Gasteiger partial charge in [-0.3, -0.25) is 4.79 Å². The molecule has 7 heteroatoms. The molecule has 27 heavy (non-hydrogen) atoms. The van der Waals surface area contributed by atoms with E-state index in [1.165, 1.54) is 11.8 Å². The predicted molar refractivity (Wildman–Crippen MR) is 111 cm³/mol. The highest BCUT2D eigenvalue weighted by Crippen LogP contribution is 2.37. The summed E-state index contributed by atoms with van der Waals surface area (Å²) in [5.41, 5.74) is 3.08. The Kier molecular flexibility index (Phi) is 4.80. The van der Waals surface area contributed by atoms with Gasteiger partial charge in [0.25, 0.3) is 0 Å². The molecule has 4 aromatic rings. The van der Waals surface area contributed by atoms with E-state index in [0.717, 1.165) is 26.4 Å². The van der Waals surface area contributed by atoms with Crippen LogP contribution in [0.2, 0.25) is 0 Å². The summed E-state index contributed by atoms with van der Waals surface area (Å²) in [6.45, 7) is 3.81. The van der Waals surface area contributed by atoms with E-state index in [9.17, 15) is 4.79 Å². The highest BCUT2D eigenvalue weighted by atomic mass is 32.2. The maximum Gasteiger partial charge on any atom is 0.237 e. The van der Waals surface area contributed by atoms with E-state index in [-0.39, 0.29) is 11.2 Å². The first-order valence-electron chi connectivity index (χ1n) is 8.44. The Morgan fingerprint density at radius 1 is 1.26 bits per heavy atom. The smallest absolute Gasteiger partial charge is 0.237 e. The second-order valence-electron chi connectivity index (χ2n) is 6.15. The number of hydrogen-bond donors (Lipinski definition) is 1. The van der Waals surface area contributed by atoms with Crippen molar-refractivity contribution in [3.63, 3.8) is 0 Å². The number of nitrogens with one attached hydrogen (secondary N) is 1. The molecule has 0 saturated heterocycles. The fourth-order valence-electron chi connectivity index (χ4n) is 2.84. The van der Waals surface area contributed by atoms with Gasteiger partial charge in [0.15, 0.2) is 4.34 Å². The van der Waals surface area contributed by atoms with Crippen LogP contribution in [0, 0.1) is 6.92 Å². The summed E-state index contributed by atoms with van der Waals surface area (Å²) in [7, 11) is 1.59. The van der Waals surface area contributed by atoms with Crippen molar-refractivity contribution in [3.05, 3.63) is 47.5 Å². The molecule has 0 spiro atoms. The number of rotatable bonds is 5. The van der Waals surface area contributed by atoms with Crippen molar-refractivity contribution in [2.75, 3.05) is 12.4 Å². The van der Waals surface area contributed by atoms with Crippen LogP contribution in [0.5, 0.6) is 5.75 Å². The van der Waals surface area contributed by atoms with Gasteiger partial charge in [-0.15, -0.1) is 11.3 Å². The average Bonchev–Trinajstić information content (AvgIpc) is 3.23. The van der Waals surface area contributed by atoms with Gasteiger partial charge in [0.2, 0.25) is 5.91 Å². The number of aryl methyl sites for hydroxylation is 1. The van der Waals surface area contributed by atoms with Crippen LogP contribution in [0.4, 0.5) is 5.69 Å². The minimum atomic E-state index is -0.286. The number of ether oxygens (including phenoxy) is 1. The number of nitrogens with zero attached hydrogens (tertiary/aromatic N) is 1. The van der Waals surface area contributed by atoms with Gasteiger partial charge in [0.05, 0.1) is 18.0 Å². The Hall–Kier alpha value is -2.51. The molecule has 5 nitrogen and oxygen atoms in total. The number of furan rings is 1. The molecule has 0 bridgehead atoms. The molecule has 2 aromatic heterocycles. The monoisotopic (exact) mass is 398 g/mol. The second kappa shape index (κ2) is 7.25. The van der Waals surface area contributed by atoms with Crippen LogP contribution in [0.1, 0.15) is 12.6 Å². The van der Waals surface area contributed by atoms with Crippen molar-refractivity contribution in [3.8, 4) is 5.75 Å². The third kappa shape index (κ3) is 3.52. The largest absolute Gasteiger partial charge is 0.495 e. The molecule has 0 unspecified atom stereocenters. The molecule has 4 rings (SSSR count). The Balaban J connectivity index is 1.62. The summed E-state index contributed by atoms with van der Waals surface area (Å²) in [5, 5.41) is 6.63. The topological polar surface area (TPSA) is 64.4 Å². The lowest BCUT2D eigenvalue weighted by Gasteiger charge is -2.13. The minimum Gasteiger partial charge on any atom is -0.495 e. The van der Waals surface area contributed by atoms with Crippen molar-refractivity contribution in [1.82, 2.24) is 4.98 Å². The van der Waals surface area contributed by atoms with Crippen LogP contribution in [0.3, 0.4) is 0 Å². The fourth-order valence-corrected chi connectivity index (χ4v) is 4.83. The predicted octanol–water partition coefficient (Wildman–Crippen LogP) is 5.48. The average molecular weight is 399 g/mol. The molecule has 0 fully saturated rings. The number of thioether (sulfide) groups is 1. The minimum absolute atomic E-state index is 0.110. The van der Waals surface area contributed by atoms with Crippen molar-refractivity contribution in [2.24, 2.45) is 0 Å². The van der Waals surface area contributed by atoms with Crippen LogP contribution in [0.15, 0.2) is 50.5 Å². The first-order chi connectivity index (χ1) is 13.0. The van der Waals surface area contributed by atoms with Crippen LogP contribution in [0.25, 0.3) is 21.9 Å². The van der Waals surface area contributed by atoms with Gasteiger partial charge >= 0.3 is 0 Å². The number of carbonyl (C=O) groups is 1. The van der Waals surface area contributed by atoms with Crippen molar-refractivity contribution < 1.29 is 13.9 Å². The van der Waals surface area contributed by atoms with Crippen LogP contribution in [-0.4, -0.2) is 23.3 Å². The number of anilines is 1. The normalized spacial score (nSPS) is 12.4. The van der Waals surface area contributed by atoms with Gasteiger partial charge in [-0.05, 0) is 26.0 Å². The summed E-state index contributed by atoms with van der Waals surface area (Å²) in [5.74, 6) is 0.492. The van der Waals surface area contributed by atoms with E-state index in [1.807, 2.05) is 55.6 Å². The van der Waals surface area contributed by atoms with Crippen LogP contribution >= 0.6 is 23.1 Å². The molecule has 1 atom stereocenters. The summed E-state index contributed by atoms with van der Waals surface area (Å²) >= 11 is 2.99. The number of hydrogen-bond acceptors (Lipinski definition) is 6. The van der Waals surface area contributed by atoms with Gasteiger partial charge in [-0.25, -0.2) is 4.98 Å². The molecular weight excluding hydrogens is 380 g/mol. The second-order valence-corrected chi connectivity index (χ2v) is 8.60. The van der Waals surface area contributed by atoms with E-state index in [1.54, 1.807) is 18.4 Å². The van der Waals surface area contributed by atoms with Gasteiger partial charge in [0.1, 0.15) is 16.9 Å². The molecule has 0 aliphatic heterocycles. The molecule has 0 aliphatic carbocycles. The molecule has 2 aromatic carbocycles. The Labute approximate surface area is 164 Å². The fraction of sp³-hybridized carbons (Fsp3) is 0.200. The molecule has 0 aliphatic rings. The van der Waals surface area contributed by atoms with Crippen molar-refractivity contribution in [1.29, 1.82) is 0 Å². The lowest BCUT2D eigenvalue weighted by molar-refractivity contribution is -0.115. The molecule has 0 radical (unpaired) electrons. The molecule has 138 valence electrons. The maximum absolute atomic E-state index is 12.7. The number of amides is 1. The third-order valence-corrected chi connectivity index (χ3v) is 6.39. The van der Waals surface area contributed by atoms with Gasteiger partial charge in [-0.1, -0.05) is 30.0 Å². The molecule has 1 N–H and O–H groups in total. The van der Waals surface area contributed by atoms with Crippen molar-refractivity contribution in [2.45, 2.75) is 23.4 Å². The Morgan fingerprint density at radius 2 is 2.07 bits per heavy atom. The SMILES string of the molecule is COc1cc2c(cc1NC(=O)[C@@H](C)Sc1nc(C)cs1)oc1ccccc12. The van der Waals surface area contributed by atoms with E-state index in [0.29, 0.717) is 17.0 Å². The number of fused-ring (bicyclic) bond motifs is 3. The molecular formula is C20H18N2O3S2. The lowest BCUT2D eigenvalue weighted by atomic mass is 10.1. The lowest BCUT2D eigenvalue weighted by Crippen LogP contribution is -2.22. The molecule has 0 saturated carbocycles. The number of thiazole rings is 1. The number of benzene rings is 2. The van der Waals surface area contributed by atoms with E-state index in [2.05, 4.69) is 10.3 Å². The summed E-state index contributed by atoms with van der Waals surface area (Å²) in [6, 6.07) is 11.6. The Bertz CT molecular complexity index is 1130. The zero-order valence-electron chi connectivity index (χ0n) is 15.1. The highest BCUT2D eigenvalue weighted by Gasteiger charge is 2.19. The number of aromatic nitrogens is 1.